The molecule has 154 valence electrons. The van der Waals surface area contributed by atoms with E-state index in [0.29, 0.717) is 18.7 Å². The van der Waals surface area contributed by atoms with Crippen molar-refractivity contribution < 1.29 is 14.3 Å². The predicted molar refractivity (Wildman–Crippen MR) is 113 cm³/mol. The Bertz CT molecular complexity index is 892. The number of anilines is 2. The van der Waals surface area contributed by atoms with Gasteiger partial charge in [0, 0.05) is 11.4 Å². The Labute approximate surface area is 171 Å². The van der Waals surface area contributed by atoms with Gasteiger partial charge in [-0.1, -0.05) is 30.3 Å². The molecule has 0 radical (unpaired) electrons. The number of nitrogens with zero attached hydrogens (tertiary/aromatic N) is 1. The molecule has 0 saturated heterocycles. The van der Waals surface area contributed by atoms with Crippen LogP contribution in [0.2, 0.25) is 0 Å². The minimum absolute atomic E-state index is 0.0667. The van der Waals surface area contributed by atoms with Crippen molar-refractivity contribution in [3.63, 3.8) is 0 Å². The molecule has 7 nitrogen and oxygen atoms in total. The van der Waals surface area contributed by atoms with Gasteiger partial charge >= 0.3 is 6.09 Å². The average Bonchev–Trinajstić information content (AvgIpc) is 2.78. The van der Waals surface area contributed by atoms with Crippen molar-refractivity contribution in [1.82, 2.24) is 5.43 Å². The van der Waals surface area contributed by atoms with Gasteiger partial charge in [-0.2, -0.15) is 0 Å². The molecule has 2 aromatic rings. The number of carbonyl (C=O) groups is 2. The Balaban J connectivity index is 1.82. The molecule has 29 heavy (non-hydrogen) atoms. The Morgan fingerprint density at radius 1 is 1.21 bits per heavy atom. The highest BCUT2D eigenvalue weighted by molar-refractivity contribution is 5.98. The maximum Gasteiger partial charge on any atom is 0.412 e. The fourth-order valence-corrected chi connectivity index (χ4v) is 3.38. The van der Waals surface area contributed by atoms with Crippen LogP contribution in [0.25, 0.3) is 0 Å². The van der Waals surface area contributed by atoms with Crippen molar-refractivity contribution in [2.24, 2.45) is 5.84 Å². The molecule has 0 fully saturated rings. The highest BCUT2D eigenvalue weighted by atomic mass is 16.6. The molecule has 2 amide bonds. The average molecular weight is 396 g/mol. The summed E-state index contributed by atoms with van der Waals surface area (Å²) in [7, 11) is 0. The number of amides is 2. The first-order valence-corrected chi connectivity index (χ1v) is 9.71. The lowest BCUT2D eigenvalue weighted by Gasteiger charge is -2.26. The normalized spacial score (nSPS) is 16.8. The van der Waals surface area contributed by atoms with Crippen molar-refractivity contribution in [1.29, 1.82) is 0 Å². The number of aryl methyl sites for hydroxylation is 1. The minimum Gasteiger partial charge on any atom is -0.444 e. The zero-order valence-corrected chi connectivity index (χ0v) is 17.1. The first-order valence-electron chi connectivity index (χ1n) is 9.71. The van der Waals surface area contributed by atoms with Crippen molar-refractivity contribution in [2.45, 2.75) is 51.8 Å². The molecule has 2 aromatic carbocycles. The van der Waals surface area contributed by atoms with E-state index in [2.05, 4.69) is 10.7 Å². The van der Waals surface area contributed by atoms with Gasteiger partial charge in [-0.25, -0.2) is 10.2 Å². The predicted octanol–water partition coefficient (Wildman–Crippen LogP) is 3.34. The molecule has 1 unspecified atom stereocenters. The fraction of sp³-hybridized carbons (Fsp3) is 0.364. The van der Waals surface area contributed by atoms with Crippen molar-refractivity contribution in [3.05, 3.63) is 59.7 Å². The molecule has 4 N–H and O–H groups in total. The SMILES string of the molecule is CC(C)(C)OC(=O)Nc1cccc(CN2C(=O)C(NN)CCc3ccccc32)c1. The topological polar surface area (TPSA) is 96.7 Å². The van der Waals surface area contributed by atoms with Crippen LogP contribution in [0.5, 0.6) is 0 Å². The molecule has 0 spiro atoms. The number of hydrazine groups is 1. The van der Waals surface area contributed by atoms with Crippen molar-refractivity contribution >= 4 is 23.4 Å². The number of hydrogen-bond acceptors (Lipinski definition) is 5. The smallest absolute Gasteiger partial charge is 0.412 e. The zero-order chi connectivity index (χ0) is 21.0. The Morgan fingerprint density at radius 2 is 1.97 bits per heavy atom. The summed E-state index contributed by atoms with van der Waals surface area (Å²) in [5.41, 5.74) is 5.57. The second-order valence-electron chi connectivity index (χ2n) is 8.14. The number of rotatable bonds is 4. The van der Waals surface area contributed by atoms with Crippen molar-refractivity contribution in [2.75, 3.05) is 10.2 Å². The molecule has 7 heteroatoms. The van der Waals surface area contributed by atoms with Gasteiger partial charge in [-0.05, 0) is 62.9 Å². The highest BCUT2D eigenvalue weighted by Crippen LogP contribution is 2.29. The van der Waals surface area contributed by atoms with E-state index in [-0.39, 0.29) is 5.91 Å². The van der Waals surface area contributed by atoms with Crippen molar-refractivity contribution in [3.8, 4) is 0 Å². The lowest BCUT2D eigenvalue weighted by atomic mass is 10.1. The molecular formula is C22H28N4O3. The van der Waals surface area contributed by atoms with E-state index in [4.69, 9.17) is 10.6 Å². The van der Waals surface area contributed by atoms with E-state index in [9.17, 15) is 9.59 Å². The van der Waals surface area contributed by atoms with Crippen LogP contribution in [-0.2, 0) is 22.5 Å². The first kappa shape index (κ1) is 20.8. The molecule has 0 aromatic heterocycles. The summed E-state index contributed by atoms with van der Waals surface area (Å²) in [6.45, 7) is 5.81. The van der Waals surface area contributed by atoms with Crippen LogP contribution in [0.4, 0.5) is 16.2 Å². The lowest BCUT2D eigenvalue weighted by Crippen LogP contribution is -2.48. The number of benzene rings is 2. The van der Waals surface area contributed by atoms with E-state index in [1.165, 1.54) is 0 Å². The highest BCUT2D eigenvalue weighted by Gasteiger charge is 2.29. The van der Waals surface area contributed by atoms with Crippen LogP contribution in [0.1, 0.15) is 38.3 Å². The van der Waals surface area contributed by atoms with E-state index in [1.807, 2.05) is 63.2 Å². The molecule has 1 heterocycles. The number of nitrogens with one attached hydrogen (secondary N) is 2. The summed E-state index contributed by atoms with van der Waals surface area (Å²) in [6.07, 6.45) is 0.898. The second-order valence-corrected chi connectivity index (χ2v) is 8.14. The van der Waals surface area contributed by atoms with Crippen LogP contribution >= 0.6 is 0 Å². The van der Waals surface area contributed by atoms with Gasteiger partial charge in [0.05, 0.1) is 6.54 Å². The van der Waals surface area contributed by atoms with Crippen LogP contribution in [0.15, 0.2) is 48.5 Å². The monoisotopic (exact) mass is 396 g/mol. The Morgan fingerprint density at radius 3 is 2.69 bits per heavy atom. The molecule has 3 rings (SSSR count). The zero-order valence-electron chi connectivity index (χ0n) is 17.1. The number of para-hydroxylation sites is 1. The third-order valence-corrected chi connectivity index (χ3v) is 4.66. The van der Waals surface area contributed by atoms with Gasteiger partial charge in [0.25, 0.3) is 0 Å². The Kier molecular flexibility index (Phi) is 6.20. The summed E-state index contributed by atoms with van der Waals surface area (Å²) in [6, 6.07) is 14.8. The van der Waals surface area contributed by atoms with Gasteiger partial charge in [0.1, 0.15) is 11.6 Å². The summed E-state index contributed by atoms with van der Waals surface area (Å²) >= 11 is 0. The molecule has 1 aliphatic rings. The van der Waals surface area contributed by atoms with Gasteiger partial charge in [-0.15, -0.1) is 0 Å². The van der Waals surface area contributed by atoms with E-state index in [0.717, 1.165) is 23.2 Å². The quantitative estimate of drug-likeness (QED) is 0.544. The van der Waals surface area contributed by atoms with Gasteiger partial charge < -0.3 is 9.64 Å². The van der Waals surface area contributed by atoms with Crippen LogP contribution < -0.4 is 21.5 Å². The summed E-state index contributed by atoms with van der Waals surface area (Å²) in [5, 5.41) is 2.74. The molecule has 0 saturated carbocycles. The van der Waals surface area contributed by atoms with Gasteiger partial charge in [0.15, 0.2) is 0 Å². The number of fused-ring (bicyclic) bond motifs is 1. The third-order valence-electron chi connectivity index (χ3n) is 4.66. The summed E-state index contributed by atoms with van der Waals surface area (Å²) < 4.78 is 5.30. The molecule has 0 aliphatic carbocycles. The lowest BCUT2D eigenvalue weighted by molar-refractivity contribution is -0.120. The van der Waals surface area contributed by atoms with Crippen LogP contribution in [-0.4, -0.2) is 23.6 Å². The largest absolute Gasteiger partial charge is 0.444 e. The first-order chi connectivity index (χ1) is 13.8. The standard InChI is InChI=1S/C22H28N4O3/c1-22(2,3)29-21(28)24-17-9-6-7-15(13-17)14-26-19-10-5-4-8-16(19)11-12-18(25-23)20(26)27/h4-10,13,18,25H,11-12,14,23H2,1-3H3,(H,24,28). The number of carbonyl (C=O) groups excluding carboxylic acids is 2. The van der Waals surface area contributed by atoms with E-state index >= 15 is 0 Å². The molecule has 1 aliphatic heterocycles. The molecule has 0 bridgehead atoms. The van der Waals surface area contributed by atoms with E-state index in [1.54, 1.807) is 11.0 Å². The summed E-state index contributed by atoms with van der Waals surface area (Å²) in [4.78, 5) is 26.9. The summed E-state index contributed by atoms with van der Waals surface area (Å²) in [5.74, 6) is 5.56. The number of ether oxygens (including phenoxy) is 1. The van der Waals surface area contributed by atoms with Crippen LogP contribution in [0, 0.1) is 0 Å². The number of nitrogens with two attached hydrogens (primary N) is 1. The minimum atomic E-state index is -0.575. The van der Waals surface area contributed by atoms with Gasteiger partial charge in [0.2, 0.25) is 5.91 Å². The van der Waals surface area contributed by atoms with E-state index < -0.39 is 17.7 Å². The molecule has 1 atom stereocenters. The fourth-order valence-electron chi connectivity index (χ4n) is 3.38. The molecular weight excluding hydrogens is 368 g/mol. The Hall–Kier alpha value is -2.90. The second kappa shape index (κ2) is 8.63. The third kappa shape index (κ3) is 5.34. The maximum absolute atomic E-state index is 13.1. The van der Waals surface area contributed by atoms with Gasteiger partial charge in [-0.3, -0.25) is 16.0 Å². The maximum atomic E-state index is 13.1. The van der Waals surface area contributed by atoms with Crippen LogP contribution in [0.3, 0.4) is 0 Å². The number of hydrogen-bond donors (Lipinski definition) is 3.